The predicted octanol–water partition coefficient (Wildman–Crippen LogP) is -0.477. The van der Waals surface area contributed by atoms with E-state index in [4.69, 9.17) is 4.74 Å². The molecule has 2 amide bonds. The molecular formula is C18H35IN6O3. The SMILES string of the molecule is CC(C)NC(=NCC(=O)N(C)C)N1CCN(CC(=O)N2CCOCC2)CC1.I. The molecule has 0 aromatic rings. The first-order chi connectivity index (χ1) is 12.9. The van der Waals surface area contributed by atoms with Gasteiger partial charge in [0.15, 0.2) is 5.96 Å². The number of halogens is 1. The topological polar surface area (TPSA) is 80.7 Å². The van der Waals surface area contributed by atoms with E-state index in [1.165, 1.54) is 0 Å². The lowest BCUT2D eigenvalue weighted by Crippen LogP contribution is -2.55. The summed E-state index contributed by atoms with van der Waals surface area (Å²) in [6.07, 6.45) is 0. The van der Waals surface area contributed by atoms with Crippen LogP contribution in [0.4, 0.5) is 0 Å². The Balaban J connectivity index is 0.00000392. The molecule has 9 nitrogen and oxygen atoms in total. The number of carbonyl (C=O) groups excluding carboxylic acids is 2. The maximum absolute atomic E-state index is 12.4. The summed E-state index contributed by atoms with van der Waals surface area (Å²) in [5, 5.41) is 3.35. The fourth-order valence-corrected chi connectivity index (χ4v) is 3.00. The lowest BCUT2D eigenvalue weighted by molar-refractivity contribution is -0.136. The van der Waals surface area contributed by atoms with Crippen LogP contribution in [0.1, 0.15) is 13.8 Å². The van der Waals surface area contributed by atoms with Crippen molar-refractivity contribution in [1.29, 1.82) is 0 Å². The molecule has 0 radical (unpaired) electrons. The van der Waals surface area contributed by atoms with E-state index in [1.54, 1.807) is 19.0 Å². The normalized spacial score (nSPS) is 18.7. The van der Waals surface area contributed by atoms with Gasteiger partial charge >= 0.3 is 0 Å². The molecule has 28 heavy (non-hydrogen) atoms. The maximum atomic E-state index is 12.4. The van der Waals surface area contributed by atoms with Crippen molar-refractivity contribution in [3.05, 3.63) is 0 Å². The summed E-state index contributed by atoms with van der Waals surface area (Å²) in [7, 11) is 3.47. The van der Waals surface area contributed by atoms with E-state index in [1.807, 2.05) is 4.90 Å². The minimum atomic E-state index is -0.0206. The molecule has 0 unspecified atom stereocenters. The highest BCUT2D eigenvalue weighted by atomic mass is 127. The zero-order valence-electron chi connectivity index (χ0n) is 17.5. The number of rotatable bonds is 5. The van der Waals surface area contributed by atoms with Gasteiger partial charge in [0, 0.05) is 59.4 Å². The zero-order chi connectivity index (χ0) is 19.8. The molecule has 0 spiro atoms. The first-order valence-corrected chi connectivity index (χ1v) is 9.70. The van der Waals surface area contributed by atoms with Gasteiger partial charge < -0.3 is 24.8 Å². The van der Waals surface area contributed by atoms with Crippen molar-refractivity contribution in [2.24, 2.45) is 4.99 Å². The molecule has 0 bridgehead atoms. The minimum absolute atomic E-state index is 0. The van der Waals surface area contributed by atoms with Gasteiger partial charge in [-0.25, -0.2) is 4.99 Å². The van der Waals surface area contributed by atoms with E-state index >= 15 is 0 Å². The quantitative estimate of drug-likeness (QED) is 0.306. The van der Waals surface area contributed by atoms with E-state index in [9.17, 15) is 9.59 Å². The number of morpholine rings is 1. The number of hydrogen-bond donors (Lipinski definition) is 1. The third-order valence-corrected chi connectivity index (χ3v) is 4.68. The molecule has 162 valence electrons. The second-order valence-electron chi connectivity index (χ2n) is 7.48. The van der Waals surface area contributed by atoms with Crippen LogP contribution in [-0.4, -0.2) is 123 Å². The first kappa shape index (κ1) is 24.9. The lowest BCUT2D eigenvalue weighted by Gasteiger charge is -2.37. The Morgan fingerprint density at radius 2 is 1.64 bits per heavy atom. The van der Waals surface area contributed by atoms with Crippen molar-refractivity contribution in [1.82, 2.24) is 24.9 Å². The number of ether oxygens (including phenoxy) is 1. The molecule has 2 heterocycles. The van der Waals surface area contributed by atoms with Gasteiger partial charge in [0.2, 0.25) is 11.8 Å². The molecule has 0 aromatic carbocycles. The molecule has 1 N–H and O–H groups in total. The summed E-state index contributed by atoms with van der Waals surface area (Å²) in [5.41, 5.74) is 0. The molecule has 0 aliphatic carbocycles. The summed E-state index contributed by atoms with van der Waals surface area (Å²) >= 11 is 0. The van der Waals surface area contributed by atoms with E-state index in [0.29, 0.717) is 32.8 Å². The first-order valence-electron chi connectivity index (χ1n) is 9.70. The molecule has 0 aromatic heterocycles. The summed E-state index contributed by atoms with van der Waals surface area (Å²) in [4.78, 5) is 36.5. The Hall–Kier alpha value is -1.14. The Morgan fingerprint density at radius 1 is 1.04 bits per heavy atom. The van der Waals surface area contributed by atoms with Crippen LogP contribution in [0.5, 0.6) is 0 Å². The molecule has 2 saturated heterocycles. The van der Waals surface area contributed by atoms with Gasteiger partial charge in [-0.15, -0.1) is 24.0 Å². The van der Waals surface area contributed by atoms with Gasteiger partial charge in [-0.2, -0.15) is 0 Å². The number of guanidine groups is 1. The van der Waals surface area contributed by atoms with Crippen molar-refractivity contribution >= 4 is 41.8 Å². The molecule has 2 rings (SSSR count). The summed E-state index contributed by atoms with van der Waals surface area (Å²) in [5.74, 6) is 0.921. The largest absolute Gasteiger partial charge is 0.378 e. The highest BCUT2D eigenvalue weighted by Crippen LogP contribution is 2.05. The van der Waals surface area contributed by atoms with Gasteiger partial charge in [0.05, 0.1) is 19.8 Å². The average Bonchev–Trinajstić information content (AvgIpc) is 2.65. The Kier molecular flexibility index (Phi) is 11.1. The van der Waals surface area contributed by atoms with E-state index in [0.717, 1.165) is 32.1 Å². The van der Waals surface area contributed by atoms with Crippen LogP contribution in [0, 0.1) is 0 Å². The van der Waals surface area contributed by atoms with Gasteiger partial charge in [-0.05, 0) is 13.8 Å². The molecule has 2 aliphatic heterocycles. The second kappa shape index (κ2) is 12.4. The van der Waals surface area contributed by atoms with Crippen molar-refractivity contribution in [2.45, 2.75) is 19.9 Å². The highest BCUT2D eigenvalue weighted by Gasteiger charge is 2.24. The highest BCUT2D eigenvalue weighted by molar-refractivity contribution is 14.0. The fraction of sp³-hybridized carbons (Fsp3) is 0.833. The minimum Gasteiger partial charge on any atom is -0.378 e. The van der Waals surface area contributed by atoms with Gasteiger partial charge in [0.25, 0.3) is 0 Å². The predicted molar refractivity (Wildman–Crippen MR) is 120 cm³/mol. The van der Waals surface area contributed by atoms with Crippen LogP contribution in [0.3, 0.4) is 0 Å². The summed E-state index contributed by atoms with van der Waals surface area (Å²) < 4.78 is 5.31. The Labute approximate surface area is 185 Å². The Morgan fingerprint density at radius 3 is 2.18 bits per heavy atom. The Bertz CT molecular complexity index is 529. The van der Waals surface area contributed by atoms with Crippen LogP contribution in [0.15, 0.2) is 4.99 Å². The number of carbonyl (C=O) groups is 2. The molecule has 2 fully saturated rings. The van der Waals surface area contributed by atoms with Crippen LogP contribution in [0.2, 0.25) is 0 Å². The van der Waals surface area contributed by atoms with E-state index < -0.39 is 0 Å². The average molecular weight is 510 g/mol. The molecular weight excluding hydrogens is 475 g/mol. The summed E-state index contributed by atoms with van der Waals surface area (Å²) in [6, 6.07) is 0.235. The van der Waals surface area contributed by atoms with Crippen LogP contribution >= 0.6 is 24.0 Å². The summed E-state index contributed by atoms with van der Waals surface area (Å²) in [6.45, 7) is 10.5. The number of likely N-dealkylation sites (N-methyl/N-ethyl adjacent to an activating group) is 1. The molecule has 0 saturated carbocycles. The van der Waals surface area contributed by atoms with E-state index in [2.05, 4.69) is 34.0 Å². The van der Waals surface area contributed by atoms with Crippen LogP contribution < -0.4 is 5.32 Å². The number of piperazine rings is 1. The van der Waals surface area contributed by atoms with Gasteiger partial charge in [0.1, 0.15) is 6.54 Å². The van der Waals surface area contributed by atoms with Crippen molar-refractivity contribution in [2.75, 3.05) is 79.7 Å². The van der Waals surface area contributed by atoms with Crippen molar-refractivity contribution < 1.29 is 14.3 Å². The van der Waals surface area contributed by atoms with Gasteiger partial charge in [-0.1, -0.05) is 0 Å². The molecule has 2 aliphatic rings. The lowest BCUT2D eigenvalue weighted by atomic mass is 10.3. The number of amides is 2. The standard InChI is InChI=1S/C18H34N6O3.HI/c1-15(2)20-18(19-13-16(25)21(3)4)24-7-5-22(6-8-24)14-17(26)23-9-11-27-12-10-23;/h15H,5-14H2,1-4H3,(H,19,20);1H. The fourth-order valence-electron chi connectivity index (χ4n) is 3.00. The monoisotopic (exact) mass is 510 g/mol. The van der Waals surface area contributed by atoms with Gasteiger partial charge in [-0.3, -0.25) is 14.5 Å². The van der Waals surface area contributed by atoms with Crippen LogP contribution in [-0.2, 0) is 14.3 Å². The second-order valence-corrected chi connectivity index (χ2v) is 7.48. The smallest absolute Gasteiger partial charge is 0.243 e. The number of aliphatic imine (C=N–C) groups is 1. The third-order valence-electron chi connectivity index (χ3n) is 4.68. The van der Waals surface area contributed by atoms with Crippen molar-refractivity contribution in [3.63, 3.8) is 0 Å². The molecule has 10 heteroatoms. The third kappa shape index (κ3) is 8.08. The number of nitrogens with zero attached hydrogens (tertiary/aromatic N) is 5. The molecule has 0 atom stereocenters. The number of nitrogens with one attached hydrogen (secondary N) is 1. The van der Waals surface area contributed by atoms with E-state index in [-0.39, 0.29) is 48.4 Å². The zero-order valence-corrected chi connectivity index (χ0v) is 19.8. The maximum Gasteiger partial charge on any atom is 0.243 e. The van der Waals surface area contributed by atoms with Crippen LogP contribution in [0.25, 0.3) is 0 Å². The number of hydrogen-bond acceptors (Lipinski definition) is 5. The van der Waals surface area contributed by atoms with Crippen molar-refractivity contribution in [3.8, 4) is 0 Å².